The van der Waals surface area contributed by atoms with Gasteiger partial charge < -0.3 is 5.73 Å². The molecule has 0 radical (unpaired) electrons. The highest BCUT2D eigenvalue weighted by molar-refractivity contribution is 5.69. The lowest BCUT2D eigenvalue weighted by atomic mass is 9.97. The summed E-state index contributed by atoms with van der Waals surface area (Å²) in [7, 11) is 0. The van der Waals surface area contributed by atoms with Gasteiger partial charge in [-0.1, -0.05) is 18.2 Å². The Balaban J connectivity index is 2.17. The predicted molar refractivity (Wildman–Crippen MR) is 64.9 cm³/mol. The van der Waals surface area contributed by atoms with Crippen molar-refractivity contribution in [3.63, 3.8) is 0 Å². The number of hydrogen-bond acceptors (Lipinski definition) is 2. The molecule has 2 nitrogen and oxygen atoms in total. The van der Waals surface area contributed by atoms with Gasteiger partial charge in [-0.25, -0.2) is 0 Å². The van der Waals surface area contributed by atoms with Crippen LogP contribution in [0.25, 0.3) is 11.1 Å². The monoisotopic (exact) mass is 210 g/mol. The van der Waals surface area contributed by atoms with Crippen LogP contribution in [0.1, 0.15) is 23.6 Å². The largest absolute Gasteiger partial charge is 0.324 e. The molecule has 2 N–H and O–H groups in total. The predicted octanol–water partition coefficient (Wildman–Crippen LogP) is 2.69. The smallest absolute Gasteiger partial charge is 0.0300 e. The molecule has 0 aliphatic heterocycles. The van der Waals surface area contributed by atoms with E-state index in [2.05, 4.69) is 35.3 Å². The molecule has 1 aliphatic carbocycles. The molecule has 3 rings (SSSR count). The molecule has 2 aromatic rings. The third-order valence-electron chi connectivity index (χ3n) is 3.31. The lowest BCUT2D eigenvalue weighted by Gasteiger charge is -2.09. The maximum Gasteiger partial charge on any atom is 0.0300 e. The highest BCUT2D eigenvalue weighted by Gasteiger charge is 2.21. The van der Waals surface area contributed by atoms with E-state index in [-0.39, 0.29) is 6.04 Å². The number of pyridine rings is 1. The molecule has 1 unspecified atom stereocenters. The number of hydrogen-bond donors (Lipinski definition) is 1. The Hall–Kier alpha value is -1.67. The third-order valence-corrected chi connectivity index (χ3v) is 3.31. The van der Waals surface area contributed by atoms with Crippen LogP contribution < -0.4 is 5.73 Å². The first-order chi connectivity index (χ1) is 7.86. The SMILES string of the molecule is NC1CCc2c(-c3ccncc3)cccc21. The first kappa shape index (κ1) is 9.55. The molecule has 1 atom stereocenters. The van der Waals surface area contributed by atoms with Gasteiger partial charge in [0, 0.05) is 18.4 Å². The molecule has 0 fully saturated rings. The molecular weight excluding hydrogens is 196 g/mol. The van der Waals surface area contributed by atoms with Gasteiger partial charge in [0.05, 0.1) is 0 Å². The molecule has 1 heterocycles. The van der Waals surface area contributed by atoms with Crippen LogP contribution in [0, 0.1) is 0 Å². The van der Waals surface area contributed by atoms with Crippen LogP contribution in [0.15, 0.2) is 42.7 Å². The van der Waals surface area contributed by atoms with Crippen LogP contribution in [0.4, 0.5) is 0 Å². The van der Waals surface area contributed by atoms with Crippen molar-refractivity contribution in [1.82, 2.24) is 4.98 Å². The fourth-order valence-electron chi connectivity index (χ4n) is 2.49. The van der Waals surface area contributed by atoms with Gasteiger partial charge in [-0.15, -0.1) is 0 Å². The van der Waals surface area contributed by atoms with Gasteiger partial charge >= 0.3 is 0 Å². The number of nitrogens with zero attached hydrogens (tertiary/aromatic N) is 1. The van der Waals surface area contributed by atoms with Gasteiger partial charge in [-0.2, -0.15) is 0 Å². The van der Waals surface area contributed by atoms with Gasteiger partial charge in [0.1, 0.15) is 0 Å². The number of fused-ring (bicyclic) bond motifs is 1. The van der Waals surface area contributed by atoms with Gasteiger partial charge in [0.2, 0.25) is 0 Å². The van der Waals surface area contributed by atoms with Crippen LogP contribution in [0.5, 0.6) is 0 Å². The standard InChI is InChI=1S/C14H14N2/c15-14-5-4-12-11(2-1-3-13(12)14)10-6-8-16-9-7-10/h1-3,6-9,14H,4-5,15H2. The summed E-state index contributed by atoms with van der Waals surface area (Å²) in [4.78, 5) is 4.05. The molecule has 16 heavy (non-hydrogen) atoms. The fraction of sp³-hybridized carbons (Fsp3) is 0.214. The summed E-state index contributed by atoms with van der Waals surface area (Å²) < 4.78 is 0. The van der Waals surface area contributed by atoms with Gasteiger partial charge in [0.15, 0.2) is 0 Å². The van der Waals surface area contributed by atoms with E-state index in [1.807, 2.05) is 12.4 Å². The number of nitrogens with two attached hydrogens (primary N) is 1. The molecule has 0 spiro atoms. The summed E-state index contributed by atoms with van der Waals surface area (Å²) in [5.74, 6) is 0. The van der Waals surface area contributed by atoms with E-state index in [9.17, 15) is 0 Å². The van der Waals surface area contributed by atoms with Crippen molar-refractivity contribution < 1.29 is 0 Å². The Labute approximate surface area is 95.1 Å². The Kier molecular flexibility index (Phi) is 2.22. The Morgan fingerprint density at radius 2 is 1.94 bits per heavy atom. The van der Waals surface area contributed by atoms with E-state index in [0.717, 1.165) is 12.8 Å². The second-order valence-electron chi connectivity index (χ2n) is 4.25. The third kappa shape index (κ3) is 1.42. The van der Waals surface area contributed by atoms with Crippen LogP contribution in [-0.2, 0) is 6.42 Å². The van der Waals surface area contributed by atoms with Crippen LogP contribution in [-0.4, -0.2) is 4.98 Å². The van der Waals surface area contributed by atoms with Crippen molar-refractivity contribution >= 4 is 0 Å². The Bertz CT molecular complexity index is 505. The lowest BCUT2D eigenvalue weighted by Crippen LogP contribution is -2.04. The zero-order valence-corrected chi connectivity index (χ0v) is 9.06. The van der Waals surface area contributed by atoms with E-state index < -0.39 is 0 Å². The summed E-state index contributed by atoms with van der Waals surface area (Å²) in [6.07, 6.45) is 5.83. The van der Waals surface area contributed by atoms with E-state index in [1.54, 1.807) is 0 Å². The van der Waals surface area contributed by atoms with Gasteiger partial charge in [-0.3, -0.25) is 4.98 Å². The number of benzene rings is 1. The summed E-state index contributed by atoms with van der Waals surface area (Å²) in [6.45, 7) is 0. The average molecular weight is 210 g/mol. The number of aromatic nitrogens is 1. The highest BCUT2D eigenvalue weighted by atomic mass is 14.6. The van der Waals surface area contributed by atoms with Gasteiger partial charge in [-0.05, 0) is 47.2 Å². The second-order valence-corrected chi connectivity index (χ2v) is 4.25. The Morgan fingerprint density at radius 3 is 2.75 bits per heavy atom. The van der Waals surface area contributed by atoms with Crippen molar-refractivity contribution in [3.05, 3.63) is 53.9 Å². The quantitative estimate of drug-likeness (QED) is 0.786. The van der Waals surface area contributed by atoms with E-state index >= 15 is 0 Å². The summed E-state index contributed by atoms with van der Waals surface area (Å²) >= 11 is 0. The average Bonchev–Trinajstić information content (AvgIpc) is 2.73. The Morgan fingerprint density at radius 1 is 1.12 bits per heavy atom. The molecule has 1 aliphatic rings. The topological polar surface area (TPSA) is 38.9 Å². The summed E-state index contributed by atoms with van der Waals surface area (Å²) in [5, 5.41) is 0. The van der Waals surface area contributed by atoms with Crippen LogP contribution >= 0.6 is 0 Å². The first-order valence-corrected chi connectivity index (χ1v) is 5.64. The highest BCUT2D eigenvalue weighted by Crippen LogP contribution is 2.36. The maximum absolute atomic E-state index is 6.08. The molecular formula is C14H14N2. The molecule has 1 aromatic heterocycles. The molecule has 80 valence electrons. The minimum Gasteiger partial charge on any atom is -0.324 e. The van der Waals surface area contributed by atoms with Crippen molar-refractivity contribution in [3.8, 4) is 11.1 Å². The van der Waals surface area contributed by atoms with Gasteiger partial charge in [0.25, 0.3) is 0 Å². The molecule has 1 aromatic carbocycles. The normalized spacial score (nSPS) is 18.4. The zero-order valence-electron chi connectivity index (χ0n) is 9.06. The lowest BCUT2D eigenvalue weighted by molar-refractivity contribution is 0.713. The first-order valence-electron chi connectivity index (χ1n) is 5.64. The minimum absolute atomic E-state index is 0.219. The number of rotatable bonds is 1. The second kappa shape index (κ2) is 3.72. The molecule has 2 heteroatoms. The molecule has 0 amide bonds. The maximum atomic E-state index is 6.08. The van der Waals surface area contributed by atoms with Crippen LogP contribution in [0.2, 0.25) is 0 Å². The summed E-state index contributed by atoms with van der Waals surface area (Å²) in [6, 6.07) is 10.7. The van der Waals surface area contributed by atoms with Crippen molar-refractivity contribution in [2.75, 3.05) is 0 Å². The molecule has 0 saturated heterocycles. The van der Waals surface area contributed by atoms with E-state index in [4.69, 9.17) is 5.73 Å². The van der Waals surface area contributed by atoms with Crippen molar-refractivity contribution in [2.45, 2.75) is 18.9 Å². The fourth-order valence-corrected chi connectivity index (χ4v) is 2.49. The van der Waals surface area contributed by atoms with E-state index in [0.29, 0.717) is 0 Å². The van der Waals surface area contributed by atoms with Crippen molar-refractivity contribution in [2.24, 2.45) is 5.73 Å². The van der Waals surface area contributed by atoms with Crippen LogP contribution in [0.3, 0.4) is 0 Å². The summed E-state index contributed by atoms with van der Waals surface area (Å²) in [5.41, 5.74) is 11.4. The molecule has 0 saturated carbocycles. The molecule has 0 bridgehead atoms. The van der Waals surface area contributed by atoms with E-state index in [1.165, 1.54) is 22.3 Å². The van der Waals surface area contributed by atoms with Crippen molar-refractivity contribution in [1.29, 1.82) is 0 Å². The minimum atomic E-state index is 0.219. The zero-order chi connectivity index (χ0) is 11.0.